The number of nitrogens with zero attached hydrogens (tertiary/aromatic N) is 3. The third-order valence-electron chi connectivity index (χ3n) is 7.24. The van der Waals surface area contributed by atoms with Crippen molar-refractivity contribution in [2.75, 3.05) is 21.3 Å². The number of aromatic nitrogens is 2. The summed E-state index contributed by atoms with van der Waals surface area (Å²) in [5.41, 5.74) is -0.489. The molecule has 4 rings (SSSR count). The molecule has 0 radical (unpaired) electrons. The zero-order valence-electron chi connectivity index (χ0n) is 21.3. The van der Waals surface area contributed by atoms with E-state index >= 15 is 0 Å². The van der Waals surface area contributed by atoms with Crippen LogP contribution in [0.5, 0.6) is 11.5 Å². The topological polar surface area (TPSA) is 112 Å². The van der Waals surface area contributed by atoms with Crippen molar-refractivity contribution in [1.29, 1.82) is 0 Å². The summed E-state index contributed by atoms with van der Waals surface area (Å²) >= 11 is 0. The summed E-state index contributed by atoms with van der Waals surface area (Å²) in [6.45, 7) is 2.00. The molecule has 1 aliphatic carbocycles. The number of nitrogens with one attached hydrogen (secondary N) is 1. The van der Waals surface area contributed by atoms with Gasteiger partial charge in [-0.1, -0.05) is 25.7 Å². The molecule has 1 fully saturated rings. The molecule has 194 valence electrons. The van der Waals surface area contributed by atoms with Crippen LogP contribution in [0, 0.1) is 0 Å². The van der Waals surface area contributed by atoms with E-state index in [2.05, 4.69) is 10.3 Å². The number of benzene rings is 1. The molecule has 10 heteroatoms. The van der Waals surface area contributed by atoms with Crippen LogP contribution in [0.1, 0.15) is 72.0 Å². The molecule has 1 N–H and O–H groups in total. The van der Waals surface area contributed by atoms with Crippen molar-refractivity contribution in [3.8, 4) is 11.5 Å². The standard InChI is InChI=1S/C26H34N4O6/c1-26(25(33)28-18-9-7-5-6-8-10-18)15-29-16-27-21(24(32)36-4)22(29)23(31)30(26)14-17-11-12-19(34-2)13-20(17)35-3/h11-13,16,18H,5-10,14-15H2,1-4H3,(H,28,33). The van der Waals surface area contributed by atoms with E-state index < -0.39 is 17.4 Å². The van der Waals surface area contributed by atoms with Gasteiger partial charge in [0, 0.05) is 17.7 Å². The highest BCUT2D eigenvalue weighted by atomic mass is 16.5. The monoisotopic (exact) mass is 498 g/mol. The Morgan fingerprint density at radius 2 is 1.83 bits per heavy atom. The number of carbonyl (C=O) groups is 3. The molecule has 1 aromatic carbocycles. The van der Waals surface area contributed by atoms with E-state index in [1.54, 1.807) is 37.8 Å². The molecule has 0 spiro atoms. The Labute approximate surface area is 210 Å². The van der Waals surface area contributed by atoms with Crippen LogP contribution in [0.25, 0.3) is 0 Å². The van der Waals surface area contributed by atoms with E-state index in [0.717, 1.165) is 25.7 Å². The zero-order chi connectivity index (χ0) is 25.9. The number of methoxy groups -OCH3 is 3. The highest BCUT2D eigenvalue weighted by molar-refractivity contribution is 6.06. The van der Waals surface area contributed by atoms with Gasteiger partial charge < -0.3 is 29.0 Å². The highest BCUT2D eigenvalue weighted by Crippen LogP contribution is 2.34. The third kappa shape index (κ3) is 4.76. The lowest BCUT2D eigenvalue weighted by atomic mass is 9.92. The smallest absolute Gasteiger partial charge is 0.359 e. The van der Waals surface area contributed by atoms with Crippen LogP contribution in [0.4, 0.5) is 0 Å². The second kappa shape index (κ2) is 10.6. The molecular weight excluding hydrogens is 464 g/mol. The van der Waals surface area contributed by atoms with Crippen molar-refractivity contribution in [1.82, 2.24) is 19.8 Å². The van der Waals surface area contributed by atoms with Gasteiger partial charge in [-0.2, -0.15) is 0 Å². The van der Waals surface area contributed by atoms with E-state index in [1.165, 1.54) is 31.2 Å². The molecule has 1 unspecified atom stereocenters. The molecule has 1 aromatic heterocycles. The summed E-state index contributed by atoms with van der Waals surface area (Å²) < 4.78 is 17.3. The Hall–Kier alpha value is -3.56. The lowest BCUT2D eigenvalue weighted by molar-refractivity contribution is -0.134. The quantitative estimate of drug-likeness (QED) is 0.461. The van der Waals surface area contributed by atoms with Gasteiger partial charge in [0.05, 0.1) is 40.7 Å². The third-order valence-corrected chi connectivity index (χ3v) is 7.24. The van der Waals surface area contributed by atoms with Crippen molar-refractivity contribution >= 4 is 17.8 Å². The average Bonchev–Trinajstić information content (AvgIpc) is 3.13. The van der Waals surface area contributed by atoms with Gasteiger partial charge in [0.15, 0.2) is 5.69 Å². The Balaban J connectivity index is 1.73. The molecular formula is C26H34N4O6. The van der Waals surface area contributed by atoms with Crippen molar-refractivity contribution in [3.63, 3.8) is 0 Å². The molecule has 2 heterocycles. The fraction of sp³-hybridized carbons (Fsp3) is 0.538. The first kappa shape index (κ1) is 25.5. The zero-order valence-corrected chi connectivity index (χ0v) is 21.3. The first-order chi connectivity index (χ1) is 17.3. The average molecular weight is 499 g/mol. The minimum Gasteiger partial charge on any atom is -0.497 e. The van der Waals surface area contributed by atoms with Gasteiger partial charge in [0.2, 0.25) is 5.91 Å². The van der Waals surface area contributed by atoms with E-state index in [4.69, 9.17) is 14.2 Å². The summed E-state index contributed by atoms with van der Waals surface area (Å²) in [7, 11) is 4.34. The summed E-state index contributed by atoms with van der Waals surface area (Å²) in [5, 5.41) is 3.21. The maximum atomic E-state index is 13.9. The second-order valence-corrected chi connectivity index (χ2v) is 9.57. The molecule has 2 aromatic rings. The first-order valence-electron chi connectivity index (χ1n) is 12.3. The number of amides is 2. The first-order valence-corrected chi connectivity index (χ1v) is 12.3. The number of hydrogen-bond acceptors (Lipinski definition) is 7. The lowest BCUT2D eigenvalue weighted by Gasteiger charge is -2.44. The molecule has 0 bridgehead atoms. The molecule has 0 saturated heterocycles. The minimum atomic E-state index is -1.23. The van der Waals surface area contributed by atoms with Crippen molar-refractivity contribution in [3.05, 3.63) is 41.5 Å². The number of ether oxygens (including phenoxy) is 3. The summed E-state index contributed by atoms with van der Waals surface area (Å²) in [5.74, 6) is -0.267. The number of imidazole rings is 1. The van der Waals surface area contributed by atoms with E-state index in [1.807, 2.05) is 6.07 Å². The number of hydrogen-bond donors (Lipinski definition) is 1. The predicted molar refractivity (Wildman–Crippen MR) is 131 cm³/mol. The summed E-state index contributed by atoms with van der Waals surface area (Å²) in [4.78, 5) is 45.7. The number of rotatable bonds is 7. The van der Waals surface area contributed by atoms with Crippen LogP contribution >= 0.6 is 0 Å². The second-order valence-electron chi connectivity index (χ2n) is 9.57. The van der Waals surface area contributed by atoms with Gasteiger partial charge in [-0.05, 0) is 31.9 Å². The largest absolute Gasteiger partial charge is 0.497 e. The molecule has 2 aliphatic rings. The van der Waals surface area contributed by atoms with Crippen molar-refractivity contribution in [2.24, 2.45) is 0 Å². The van der Waals surface area contributed by atoms with Crippen LogP contribution in [-0.2, 0) is 22.6 Å². The molecule has 1 aliphatic heterocycles. The maximum absolute atomic E-state index is 13.9. The molecule has 2 amide bonds. The summed E-state index contributed by atoms with van der Waals surface area (Å²) in [6.07, 6.45) is 7.74. The predicted octanol–water partition coefficient (Wildman–Crippen LogP) is 2.94. The van der Waals surface area contributed by atoms with Crippen molar-refractivity contribution < 1.29 is 28.6 Å². The van der Waals surface area contributed by atoms with Crippen LogP contribution in [-0.4, -0.2) is 65.1 Å². The normalized spacial score (nSPS) is 20.3. The van der Waals surface area contributed by atoms with E-state index in [9.17, 15) is 14.4 Å². The van der Waals surface area contributed by atoms with Gasteiger partial charge in [-0.3, -0.25) is 9.59 Å². The minimum absolute atomic E-state index is 0.0686. The number of esters is 1. The Morgan fingerprint density at radius 1 is 1.11 bits per heavy atom. The maximum Gasteiger partial charge on any atom is 0.359 e. The van der Waals surface area contributed by atoms with Gasteiger partial charge in [-0.25, -0.2) is 9.78 Å². The Morgan fingerprint density at radius 3 is 2.47 bits per heavy atom. The van der Waals surface area contributed by atoms with E-state index in [-0.39, 0.29) is 36.4 Å². The van der Waals surface area contributed by atoms with E-state index in [0.29, 0.717) is 17.1 Å². The van der Waals surface area contributed by atoms with Crippen LogP contribution < -0.4 is 14.8 Å². The number of carbonyl (C=O) groups excluding carboxylic acids is 3. The van der Waals surface area contributed by atoms with Crippen LogP contribution in [0.2, 0.25) is 0 Å². The van der Waals surface area contributed by atoms with Gasteiger partial charge in [-0.15, -0.1) is 0 Å². The Kier molecular flexibility index (Phi) is 7.51. The Bertz CT molecular complexity index is 1140. The highest BCUT2D eigenvalue weighted by Gasteiger charge is 2.49. The van der Waals surface area contributed by atoms with Gasteiger partial charge in [0.25, 0.3) is 5.91 Å². The van der Waals surface area contributed by atoms with Crippen LogP contribution in [0.3, 0.4) is 0 Å². The summed E-state index contributed by atoms with van der Waals surface area (Å²) in [6, 6.07) is 5.39. The van der Waals surface area contributed by atoms with Gasteiger partial charge >= 0.3 is 5.97 Å². The van der Waals surface area contributed by atoms with Gasteiger partial charge in [0.1, 0.15) is 22.7 Å². The fourth-order valence-electron chi connectivity index (χ4n) is 5.10. The molecule has 1 atom stereocenters. The lowest BCUT2D eigenvalue weighted by Crippen LogP contribution is -2.64. The van der Waals surface area contributed by atoms with Crippen LogP contribution in [0.15, 0.2) is 24.5 Å². The fourth-order valence-corrected chi connectivity index (χ4v) is 5.10. The SMILES string of the molecule is COC(=O)c1ncn2c1C(=O)N(Cc1ccc(OC)cc1OC)C(C)(C(=O)NC1CCCCCC1)C2. The van der Waals surface area contributed by atoms with Crippen molar-refractivity contribution in [2.45, 2.75) is 70.1 Å². The molecule has 1 saturated carbocycles. The molecule has 36 heavy (non-hydrogen) atoms. The number of fused-ring (bicyclic) bond motifs is 1. The molecule has 10 nitrogen and oxygen atoms in total.